The van der Waals surface area contributed by atoms with Gasteiger partial charge in [-0.2, -0.15) is 0 Å². The Morgan fingerprint density at radius 2 is 2.15 bits per heavy atom. The van der Waals surface area contributed by atoms with Gasteiger partial charge in [-0.3, -0.25) is 9.78 Å². The van der Waals surface area contributed by atoms with Crippen LogP contribution in [0, 0.1) is 5.92 Å². The van der Waals surface area contributed by atoms with E-state index in [4.69, 9.17) is 0 Å². The van der Waals surface area contributed by atoms with E-state index in [0.717, 1.165) is 18.7 Å². The standard InChI is InChI=1S/C16H25N3O/c1-3-18-15-9-10-17-11-13(15)16(20)19-14-8-6-4-5-7-12(14)2/h9-12,14H,3-8H2,1-2H3,(H,17,18)(H,19,20). The van der Waals surface area contributed by atoms with Gasteiger partial charge in [-0.25, -0.2) is 0 Å². The zero-order valence-corrected chi connectivity index (χ0v) is 12.5. The minimum atomic E-state index is -0.00667. The van der Waals surface area contributed by atoms with Crippen molar-refractivity contribution in [2.24, 2.45) is 5.92 Å². The molecule has 1 aromatic rings. The maximum absolute atomic E-state index is 12.5. The number of hydrogen-bond donors (Lipinski definition) is 2. The van der Waals surface area contributed by atoms with Crippen LogP contribution in [0.3, 0.4) is 0 Å². The molecule has 1 heterocycles. The van der Waals surface area contributed by atoms with Gasteiger partial charge in [0.1, 0.15) is 0 Å². The molecule has 1 amide bonds. The third-order valence-electron chi connectivity index (χ3n) is 4.11. The second kappa shape index (κ2) is 7.27. The van der Waals surface area contributed by atoms with Gasteiger partial charge in [0.05, 0.1) is 11.3 Å². The molecule has 2 atom stereocenters. The Labute approximate surface area is 121 Å². The molecular formula is C16H25N3O. The van der Waals surface area contributed by atoms with Crippen LogP contribution in [0.2, 0.25) is 0 Å². The van der Waals surface area contributed by atoms with Crippen LogP contribution in [0.25, 0.3) is 0 Å². The van der Waals surface area contributed by atoms with Gasteiger partial charge in [-0.1, -0.05) is 26.2 Å². The summed E-state index contributed by atoms with van der Waals surface area (Å²) in [6.45, 7) is 5.06. The zero-order chi connectivity index (χ0) is 14.4. The smallest absolute Gasteiger partial charge is 0.255 e. The largest absolute Gasteiger partial charge is 0.385 e. The Balaban J connectivity index is 2.07. The van der Waals surface area contributed by atoms with Crippen LogP contribution in [0.15, 0.2) is 18.5 Å². The van der Waals surface area contributed by atoms with Crippen LogP contribution in [-0.2, 0) is 0 Å². The molecule has 1 aromatic heterocycles. The lowest BCUT2D eigenvalue weighted by molar-refractivity contribution is 0.0922. The molecule has 110 valence electrons. The summed E-state index contributed by atoms with van der Waals surface area (Å²) in [5, 5.41) is 6.42. The Hall–Kier alpha value is -1.58. The van der Waals surface area contributed by atoms with Gasteiger partial charge in [-0.15, -0.1) is 0 Å². The summed E-state index contributed by atoms with van der Waals surface area (Å²) in [6.07, 6.45) is 9.43. The predicted molar refractivity (Wildman–Crippen MR) is 81.9 cm³/mol. The van der Waals surface area contributed by atoms with E-state index in [-0.39, 0.29) is 5.91 Å². The van der Waals surface area contributed by atoms with Crippen molar-refractivity contribution in [3.05, 3.63) is 24.0 Å². The quantitative estimate of drug-likeness (QED) is 0.830. The lowest BCUT2D eigenvalue weighted by Gasteiger charge is -2.23. The van der Waals surface area contributed by atoms with E-state index in [1.54, 1.807) is 12.4 Å². The fourth-order valence-electron chi connectivity index (χ4n) is 2.87. The van der Waals surface area contributed by atoms with E-state index in [1.165, 1.54) is 25.7 Å². The Kier molecular flexibility index (Phi) is 5.39. The summed E-state index contributed by atoms with van der Waals surface area (Å²) in [4.78, 5) is 16.6. The summed E-state index contributed by atoms with van der Waals surface area (Å²) >= 11 is 0. The van der Waals surface area contributed by atoms with E-state index in [2.05, 4.69) is 22.5 Å². The lowest BCUT2D eigenvalue weighted by atomic mass is 9.96. The van der Waals surface area contributed by atoms with Gasteiger partial charge in [0, 0.05) is 25.0 Å². The van der Waals surface area contributed by atoms with E-state index >= 15 is 0 Å². The first-order chi connectivity index (χ1) is 9.72. The summed E-state index contributed by atoms with van der Waals surface area (Å²) < 4.78 is 0. The van der Waals surface area contributed by atoms with Crippen LogP contribution in [0.5, 0.6) is 0 Å². The first-order valence-corrected chi connectivity index (χ1v) is 7.71. The van der Waals surface area contributed by atoms with Gasteiger partial charge >= 0.3 is 0 Å². The van der Waals surface area contributed by atoms with E-state index in [0.29, 0.717) is 17.5 Å². The average Bonchev–Trinajstić information content (AvgIpc) is 2.65. The van der Waals surface area contributed by atoms with Crippen LogP contribution < -0.4 is 10.6 Å². The monoisotopic (exact) mass is 275 g/mol. The van der Waals surface area contributed by atoms with Crippen molar-refractivity contribution in [1.29, 1.82) is 0 Å². The summed E-state index contributed by atoms with van der Waals surface area (Å²) in [5.74, 6) is 0.550. The Morgan fingerprint density at radius 3 is 2.95 bits per heavy atom. The van der Waals surface area contributed by atoms with Gasteiger partial charge in [0.2, 0.25) is 0 Å². The van der Waals surface area contributed by atoms with Crippen LogP contribution in [0.4, 0.5) is 5.69 Å². The lowest BCUT2D eigenvalue weighted by Crippen LogP contribution is -2.39. The molecule has 0 spiro atoms. The second-order valence-electron chi connectivity index (χ2n) is 5.65. The maximum Gasteiger partial charge on any atom is 0.255 e. The van der Waals surface area contributed by atoms with Crippen molar-refractivity contribution in [3.8, 4) is 0 Å². The van der Waals surface area contributed by atoms with Crippen molar-refractivity contribution in [2.45, 2.75) is 52.0 Å². The fraction of sp³-hybridized carbons (Fsp3) is 0.625. The normalized spacial score (nSPS) is 22.9. The van der Waals surface area contributed by atoms with Crippen LogP contribution in [-0.4, -0.2) is 23.5 Å². The van der Waals surface area contributed by atoms with Gasteiger partial charge < -0.3 is 10.6 Å². The third-order valence-corrected chi connectivity index (χ3v) is 4.11. The molecular weight excluding hydrogens is 250 g/mol. The minimum absolute atomic E-state index is 0.00667. The fourth-order valence-corrected chi connectivity index (χ4v) is 2.87. The molecule has 4 nitrogen and oxygen atoms in total. The molecule has 0 bridgehead atoms. The molecule has 2 unspecified atom stereocenters. The second-order valence-corrected chi connectivity index (χ2v) is 5.65. The first-order valence-electron chi connectivity index (χ1n) is 7.71. The molecule has 0 radical (unpaired) electrons. The highest BCUT2D eigenvalue weighted by Gasteiger charge is 2.23. The summed E-state index contributed by atoms with van der Waals surface area (Å²) in [6, 6.07) is 2.15. The Bertz CT molecular complexity index is 447. The summed E-state index contributed by atoms with van der Waals surface area (Å²) in [5.41, 5.74) is 1.51. The molecule has 1 fully saturated rings. The molecule has 20 heavy (non-hydrogen) atoms. The molecule has 2 rings (SSSR count). The molecule has 1 aliphatic carbocycles. The SMILES string of the molecule is CCNc1ccncc1C(=O)NC1CCCCCC1C. The van der Waals surface area contributed by atoms with Crippen molar-refractivity contribution in [3.63, 3.8) is 0 Å². The average molecular weight is 275 g/mol. The molecule has 1 saturated carbocycles. The predicted octanol–water partition coefficient (Wildman–Crippen LogP) is 3.21. The van der Waals surface area contributed by atoms with E-state index in [9.17, 15) is 4.79 Å². The van der Waals surface area contributed by atoms with E-state index in [1.807, 2.05) is 13.0 Å². The minimum Gasteiger partial charge on any atom is -0.385 e. The van der Waals surface area contributed by atoms with E-state index < -0.39 is 0 Å². The van der Waals surface area contributed by atoms with Crippen molar-refractivity contribution in [2.75, 3.05) is 11.9 Å². The van der Waals surface area contributed by atoms with Crippen molar-refractivity contribution >= 4 is 11.6 Å². The van der Waals surface area contributed by atoms with Crippen LogP contribution >= 0.6 is 0 Å². The number of amides is 1. The number of carbonyl (C=O) groups excluding carboxylic acids is 1. The number of rotatable bonds is 4. The number of pyridine rings is 1. The van der Waals surface area contributed by atoms with Crippen molar-refractivity contribution in [1.82, 2.24) is 10.3 Å². The number of nitrogens with zero attached hydrogens (tertiary/aromatic N) is 1. The van der Waals surface area contributed by atoms with Gasteiger partial charge in [-0.05, 0) is 31.7 Å². The van der Waals surface area contributed by atoms with Gasteiger partial charge in [0.15, 0.2) is 0 Å². The maximum atomic E-state index is 12.5. The molecule has 0 saturated heterocycles. The molecule has 2 N–H and O–H groups in total. The third kappa shape index (κ3) is 3.71. The van der Waals surface area contributed by atoms with Crippen LogP contribution in [0.1, 0.15) is 56.3 Å². The zero-order valence-electron chi connectivity index (χ0n) is 12.5. The Morgan fingerprint density at radius 1 is 1.35 bits per heavy atom. The number of anilines is 1. The number of aromatic nitrogens is 1. The molecule has 4 heteroatoms. The highest BCUT2D eigenvalue weighted by atomic mass is 16.1. The first kappa shape index (κ1) is 14.8. The molecule has 1 aliphatic rings. The number of carbonyl (C=O) groups is 1. The number of nitrogens with one attached hydrogen (secondary N) is 2. The highest BCUT2D eigenvalue weighted by molar-refractivity contribution is 5.99. The highest BCUT2D eigenvalue weighted by Crippen LogP contribution is 2.23. The molecule has 0 aliphatic heterocycles. The number of hydrogen-bond acceptors (Lipinski definition) is 3. The van der Waals surface area contributed by atoms with Crippen molar-refractivity contribution < 1.29 is 4.79 Å². The topological polar surface area (TPSA) is 54.0 Å². The van der Waals surface area contributed by atoms with Gasteiger partial charge in [0.25, 0.3) is 5.91 Å². The summed E-state index contributed by atoms with van der Waals surface area (Å²) in [7, 11) is 0. The molecule has 0 aromatic carbocycles.